The van der Waals surface area contributed by atoms with Gasteiger partial charge in [-0.25, -0.2) is 9.97 Å². The number of benzene rings is 6. The summed E-state index contributed by atoms with van der Waals surface area (Å²) in [5, 5.41) is 7.39. The largest absolute Gasteiger partial charge is 0.344 e. The van der Waals surface area contributed by atoms with Crippen molar-refractivity contribution in [2.45, 2.75) is 0 Å². The highest BCUT2D eigenvalue weighted by molar-refractivity contribution is 6.24. The Morgan fingerprint density at radius 3 is 1.77 bits per heavy atom. The Hall–Kier alpha value is -5.74. The van der Waals surface area contributed by atoms with Crippen LogP contribution >= 0.6 is 0 Å². The maximum atomic E-state index is 5.22. The molecule has 0 amide bonds. The Kier molecular flexibility index (Phi) is 5.08. The first-order valence-corrected chi connectivity index (χ1v) is 14.6. The van der Waals surface area contributed by atoms with Gasteiger partial charge in [0.1, 0.15) is 0 Å². The molecule has 0 saturated heterocycles. The fraction of sp³-hybridized carbons (Fsp3) is 0.0256. The van der Waals surface area contributed by atoms with Crippen LogP contribution in [0.3, 0.4) is 0 Å². The second kappa shape index (κ2) is 9.13. The second-order valence-electron chi connectivity index (χ2n) is 11.1. The molecule has 3 aromatic heterocycles. The van der Waals surface area contributed by atoms with E-state index in [0.29, 0.717) is 5.95 Å². The van der Waals surface area contributed by atoms with Crippen LogP contribution in [0.15, 0.2) is 140 Å². The molecule has 9 aromatic rings. The lowest BCUT2D eigenvalue weighted by atomic mass is 10.0. The third-order valence-corrected chi connectivity index (χ3v) is 8.74. The fourth-order valence-electron chi connectivity index (χ4n) is 6.70. The molecule has 0 aliphatic heterocycles. The second-order valence-corrected chi connectivity index (χ2v) is 11.1. The molecule has 0 bridgehead atoms. The summed E-state index contributed by atoms with van der Waals surface area (Å²) in [6, 6.07) is 49.2. The number of hydrogen-bond acceptors (Lipinski definition) is 2. The Morgan fingerprint density at radius 1 is 0.442 bits per heavy atom. The van der Waals surface area contributed by atoms with E-state index in [4.69, 9.17) is 9.97 Å². The summed E-state index contributed by atoms with van der Waals surface area (Å²) in [4.78, 5) is 10.4. The molecule has 43 heavy (non-hydrogen) atoms. The van der Waals surface area contributed by atoms with Crippen LogP contribution in [0.1, 0.15) is 0 Å². The Balaban J connectivity index is 1.42. The van der Waals surface area contributed by atoms with Crippen molar-refractivity contribution in [2.24, 2.45) is 7.05 Å². The number of rotatable bonds is 3. The standard InChI is InChI=1S/C39H26N4/c1-42-35-21-20-25-12-8-9-17-28(25)38(35)31-23-37-30(22-36(31)42)29-18-10-11-19-34(29)43(37)39-40-32(26-13-4-2-5-14-26)24-33(41-39)27-15-6-3-7-16-27/h2-24H,1H3. The van der Waals surface area contributed by atoms with Crippen LogP contribution in [-0.4, -0.2) is 19.1 Å². The zero-order valence-electron chi connectivity index (χ0n) is 23.6. The zero-order chi connectivity index (χ0) is 28.5. The molecule has 202 valence electrons. The number of hydrogen-bond donors (Lipinski definition) is 0. The van der Waals surface area contributed by atoms with Gasteiger partial charge in [0.15, 0.2) is 0 Å². The van der Waals surface area contributed by atoms with Crippen molar-refractivity contribution in [3.63, 3.8) is 0 Å². The molecule has 0 radical (unpaired) electrons. The van der Waals surface area contributed by atoms with Gasteiger partial charge in [0.05, 0.1) is 22.4 Å². The van der Waals surface area contributed by atoms with Crippen LogP contribution in [-0.2, 0) is 7.05 Å². The predicted octanol–water partition coefficient (Wildman–Crippen LogP) is 9.71. The van der Waals surface area contributed by atoms with E-state index in [1.54, 1.807) is 0 Å². The monoisotopic (exact) mass is 550 g/mol. The average molecular weight is 551 g/mol. The molecule has 0 fully saturated rings. The quantitative estimate of drug-likeness (QED) is 0.219. The molecule has 4 heteroatoms. The van der Waals surface area contributed by atoms with Crippen molar-refractivity contribution in [1.82, 2.24) is 19.1 Å². The molecule has 0 saturated carbocycles. The van der Waals surface area contributed by atoms with Crippen LogP contribution in [0.2, 0.25) is 0 Å². The fourth-order valence-corrected chi connectivity index (χ4v) is 6.70. The molecule has 3 heterocycles. The maximum absolute atomic E-state index is 5.22. The van der Waals surface area contributed by atoms with Crippen molar-refractivity contribution in [3.8, 4) is 28.5 Å². The van der Waals surface area contributed by atoms with Gasteiger partial charge in [-0.3, -0.25) is 4.57 Å². The SMILES string of the molecule is Cn1c2cc3c4ccccc4n(-c4nc(-c5ccccc5)cc(-c5ccccc5)n4)c3cc2c2c3ccccc3ccc21. The van der Waals surface area contributed by atoms with E-state index < -0.39 is 0 Å². The van der Waals surface area contributed by atoms with E-state index in [9.17, 15) is 0 Å². The van der Waals surface area contributed by atoms with Crippen molar-refractivity contribution in [2.75, 3.05) is 0 Å². The van der Waals surface area contributed by atoms with Gasteiger partial charge >= 0.3 is 0 Å². The lowest BCUT2D eigenvalue weighted by Gasteiger charge is -2.12. The van der Waals surface area contributed by atoms with Crippen molar-refractivity contribution < 1.29 is 0 Å². The van der Waals surface area contributed by atoms with Gasteiger partial charge in [-0.15, -0.1) is 0 Å². The molecule has 0 atom stereocenters. The Bertz CT molecular complexity index is 2450. The summed E-state index contributed by atoms with van der Waals surface area (Å²) in [6.45, 7) is 0. The molecule has 9 rings (SSSR count). The molecule has 0 N–H and O–H groups in total. The minimum Gasteiger partial charge on any atom is -0.344 e. The molecule has 0 unspecified atom stereocenters. The highest BCUT2D eigenvalue weighted by Gasteiger charge is 2.20. The third-order valence-electron chi connectivity index (χ3n) is 8.74. The maximum Gasteiger partial charge on any atom is 0.235 e. The molecule has 0 spiro atoms. The smallest absolute Gasteiger partial charge is 0.235 e. The summed E-state index contributed by atoms with van der Waals surface area (Å²) in [7, 11) is 2.17. The van der Waals surface area contributed by atoms with Gasteiger partial charge in [-0.05, 0) is 41.1 Å². The Labute approximate surface area is 248 Å². The summed E-state index contributed by atoms with van der Waals surface area (Å²) < 4.78 is 4.57. The van der Waals surface area contributed by atoms with Crippen molar-refractivity contribution in [3.05, 3.63) is 140 Å². The minimum absolute atomic E-state index is 0.663. The number of fused-ring (bicyclic) bond motifs is 8. The van der Waals surface area contributed by atoms with E-state index in [1.807, 2.05) is 12.1 Å². The van der Waals surface area contributed by atoms with Crippen LogP contribution in [0.5, 0.6) is 0 Å². The van der Waals surface area contributed by atoms with E-state index >= 15 is 0 Å². The third kappa shape index (κ3) is 3.57. The normalized spacial score (nSPS) is 11.8. The highest BCUT2D eigenvalue weighted by Crippen LogP contribution is 2.40. The van der Waals surface area contributed by atoms with Gasteiger partial charge in [-0.2, -0.15) is 0 Å². The topological polar surface area (TPSA) is 35.6 Å². The summed E-state index contributed by atoms with van der Waals surface area (Å²) in [5.41, 5.74) is 8.54. The molecule has 0 aliphatic carbocycles. The number of aryl methyl sites for hydroxylation is 1. The van der Waals surface area contributed by atoms with E-state index in [-0.39, 0.29) is 0 Å². The van der Waals surface area contributed by atoms with Crippen LogP contribution in [0.25, 0.3) is 82.8 Å². The lowest BCUT2D eigenvalue weighted by molar-refractivity contribution is 0.995. The average Bonchev–Trinajstić information content (AvgIpc) is 3.55. The van der Waals surface area contributed by atoms with Crippen LogP contribution in [0.4, 0.5) is 0 Å². The zero-order valence-corrected chi connectivity index (χ0v) is 23.6. The minimum atomic E-state index is 0.663. The molecule has 0 aliphatic rings. The van der Waals surface area contributed by atoms with Gasteiger partial charge < -0.3 is 4.57 Å². The van der Waals surface area contributed by atoms with Crippen LogP contribution in [0, 0.1) is 0 Å². The first-order valence-electron chi connectivity index (χ1n) is 14.6. The van der Waals surface area contributed by atoms with Gasteiger partial charge in [0, 0.05) is 50.8 Å². The lowest BCUT2D eigenvalue weighted by Crippen LogP contribution is -2.04. The Morgan fingerprint density at radius 2 is 1.05 bits per heavy atom. The van der Waals surface area contributed by atoms with Crippen molar-refractivity contribution >= 4 is 54.4 Å². The van der Waals surface area contributed by atoms with E-state index in [0.717, 1.165) is 33.5 Å². The van der Waals surface area contributed by atoms with Crippen LogP contribution < -0.4 is 0 Å². The van der Waals surface area contributed by atoms with E-state index in [1.165, 1.54) is 43.4 Å². The van der Waals surface area contributed by atoms with E-state index in [2.05, 4.69) is 144 Å². The number of para-hydroxylation sites is 1. The number of aromatic nitrogens is 4. The number of nitrogens with zero attached hydrogens (tertiary/aromatic N) is 4. The van der Waals surface area contributed by atoms with Gasteiger partial charge in [-0.1, -0.05) is 109 Å². The first kappa shape index (κ1) is 23.9. The molecule has 6 aromatic carbocycles. The summed E-state index contributed by atoms with van der Waals surface area (Å²) >= 11 is 0. The summed E-state index contributed by atoms with van der Waals surface area (Å²) in [6.07, 6.45) is 0. The highest BCUT2D eigenvalue weighted by atomic mass is 15.2. The van der Waals surface area contributed by atoms with Gasteiger partial charge in [0.25, 0.3) is 0 Å². The van der Waals surface area contributed by atoms with Gasteiger partial charge in [0.2, 0.25) is 5.95 Å². The first-order chi connectivity index (χ1) is 21.2. The van der Waals surface area contributed by atoms with Crippen molar-refractivity contribution in [1.29, 1.82) is 0 Å². The molecular weight excluding hydrogens is 524 g/mol. The predicted molar refractivity (Wildman–Crippen MR) is 179 cm³/mol. The molecular formula is C39H26N4. The molecule has 4 nitrogen and oxygen atoms in total. The summed E-state index contributed by atoms with van der Waals surface area (Å²) in [5.74, 6) is 0.663.